The van der Waals surface area contributed by atoms with Crippen molar-refractivity contribution < 1.29 is 18.7 Å². The van der Waals surface area contributed by atoms with E-state index in [4.69, 9.17) is 9.15 Å². The Bertz CT molecular complexity index is 1320. The topological polar surface area (TPSA) is 69.6 Å². The summed E-state index contributed by atoms with van der Waals surface area (Å²) in [5, 5.41) is 22.0. The predicted octanol–water partition coefficient (Wildman–Crippen LogP) is 5.54. The summed E-state index contributed by atoms with van der Waals surface area (Å²) in [4.78, 5) is 2.19. The molecule has 1 saturated heterocycles. The molecular formula is C29H27FN2O3. The van der Waals surface area contributed by atoms with Crippen LogP contribution in [0, 0.1) is 17.1 Å². The molecule has 1 atom stereocenters. The van der Waals surface area contributed by atoms with Crippen molar-refractivity contribution in [1.29, 1.82) is 5.26 Å². The highest BCUT2D eigenvalue weighted by molar-refractivity contribution is 5.94. The molecule has 1 N–H and O–H groups in total. The molecule has 178 valence electrons. The van der Waals surface area contributed by atoms with Crippen LogP contribution in [0.15, 0.2) is 83.5 Å². The number of likely N-dealkylation sites (tertiary alicyclic amines) is 1. The maximum Gasteiger partial charge on any atom is 0.141 e. The number of benzene rings is 3. The summed E-state index contributed by atoms with van der Waals surface area (Å²) in [6, 6.07) is 24.6. The Morgan fingerprint density at radius 2 is 1.80 bits per heavy atom. The van der Waals surface area contributed by atoms with Crippen LogP contribution in [0.25, 0.3) is 22.1 Å². The maximum absolute atomic E-state index is 13.4. The molecule has 5 nitrogen and oxygen atoms in total. The van der Waals surface area contributed by atoms with Crippen LogP contribution in [-0.2, 0) is 5.41 Å². The van der Waals surface area contributed by atoms with E-state index in [2.05, 4.69) is 11.0 Å². The van der Waals surface area contributed by atoms with E-state index >= 15 is 0 Å². The molecule has 0 bridgehead atoms. The lowest BCUT2D eigenvalue weighted by Crippen LogP contribution is -2.45. The van der Waals surface area contributed by atoms with Gasteiger partial charge in [-0.1, -0.05) is 30.3 Å². The van der Waals surface area contributed by atoms with E-state index in [1.54, 1.807) is 12.3 Å². The molecule has 4 aromatic rings. The van der Waals surface area contributed by atoms with Gasteiger partial charge in [0.25, 0.3) is 0 Å². The Morgan fingerprint density at radius 3 is 2.51 bits per heavy atom. The number of halogens is 1. The molecule has 0 saturated carbocycles. The largest absolute Gasteiger partial charge is 0.491 e. The molecule has 3 aromatic carbocycles. The zero-order valence-electron chi connectivity index (χ0n) is 19.4. The molecule has 1 aliphatic rings. The molecule has 5 rings (SSSR count). The van der Waals surface area contributed by atoms with Gasteiger partial charge in [-0.25, -0.2) is 4.39 Å². The molecule has 0 aliphatic carbocycles. The van der Waals surface area contributed by atoms with Gasteiger partial charge in [0.2, 0.25) is 0 Å². The second-order valence-electron chi connectivity index (χ2n) is 9.15. The molecule has 1 aromatic heterocycles. The highest BCUT2D eigenvalue weighted by Crippen LogP contribution is 2.35. The van der Waals surface area contributed by atoms with Crippen molar-refractivity contribution in [3.05, 3.63) is 90.4 Å². The van der Waals surface area contributed by atoms with Gasteiger partial charge in [-0.15, -0.1) is 0 Å². The second-order valence-corrected chi connectivity index (χ2v) is 9.15. The van der Waals surface area contributed by atoms with E-state index in [0.29, 0.717) is 18.1 Å². The van der Waals surface area contributed by atoms with Gasteiger partial charge in [0.1, 0.15) is 30.0 Å². The number of β-amino-alcohol motifs (C(OH)–C–C–N with tert-alkyl or cyclic N) is 1. The first-order valence-corrected chi connectivity index (χ1v) is 11.8. The van der Waals surface area contributed by atoms with Gasteiger partial charge in [0.05, 0.1) is 17.7 Å². The van der Waals surface area contributed by atoms with Gasteiger partial charge in [-0.2, -0.15) is 5.26 Å². The number of piperidine rings is 1. The third-order valence-electron chi connectivity index (χ3n) is 6.84. The fraction of sp³-hybridized carbons (Fsp3) is 0.276. The Morgan fingerprint density at radius 1 is 1.06 bits per heavy atom. The third kappa shape index (κ3) is 4.93. The van der Waals surface area contributed by atoms with E-state index in [9.17, 15) is 14.8 Å². The number of aliphatic hydroxyl groups is 1. The summed E-state index contributed by atoms with van der Waals surface area (Å²) >= 11 is 0. The second kappa shape index (κ2) is 9.91. The van der Waals surface area contributed by atoms with E-state index in [-0.39, 0.29) is 12.4 Å². The Labute approximate surface area is 204 Å². The SMILES string of the molecule is N#CC1(c2ccccc2)CCN(CC(O)COc2ccc(-c3occ4cc(F)ccc34)cc2)CC1. The number of rotatable bonds is 7. The van der Waals surface area contributed by atoms with Crippen molar-refractivity contribution in [2.75, 3.05) is 26.2 Å². The van der Waals surface area contributed by atoms with E-state index in [1.165, 1.54) is 12.1 Å². The monoisotopic (exact) mass is 470 g/mol. The average Bonchev–Trinajstić information content (AvgIpc) is 3.32. The summed E-state index contributed by atoms with van der Waals surface area (Å²) in [7, 11) is 0. The van der Waals surface area contributed by atoms with Crippen molar-refractivity contribution in [2.45, 2.75) is 24.4 Å². The number of fused-ring (bicyclic) bond motifs is 1. The van der Waals surface area contributed by atoms with Crippen molar-refractivity contribution in [2.24, 2.45) is 0 Å². The summed E-state index contributed by atoms with van der Waals surface area (Å²) in [6.07, 6.45) is 2.41. The molecule has 0 radical (unpaired) electrons. The molecule has 2 heterocycles. The van der Waals surface area contributed by atoms with Crippen LogP contribution in [0.5, 0.6) is 5.75 Å². The minimum Gasteiger partial charge on any atom is -0.491 e. The predicted molar refractivity (Wildman–Crippen MR) is 133 cm³/mol. The summed E-state index contributed by atoms with van der Waals surface area (Å²) in [5.41, 5.74) is 1.49. The minimum absolute atomic E-state index is 0.181. The fourth-order valence-electron chi connectivity index (χ4n) is 4.83. The first-order chi connectivity index (χ1) is 17.1. The lowest BCUT2D eigenvalue weighted by Gasteiger charge is -2.38. The molecule has 0 amide bonds. The number of hydrogen-bond donors (Lipinski definition) is 1. The highest BCUT2D eigenvalue weighted by Gasteiger charge is 2.36. The van der Waals surface area contributed by atoms with Gasteiger partial charge in [0.15, 0.2) is 0 Å². The van der Waals surface area contributed by atoms with Gasteiger partial charge in [0, 0.05) is 36.0 Å². The Balaban J connectivity index is 1.13. The van der Waals surface area contributed by atoms with Crippen LogP contribution in [-0.4, -0.2) is 42.4 Å². The zero-order valence-corrected chi connectivity index (χ0v) is 19.4. The van der Waals surface area contributed by atoms with Crippen LogP contribution in [0.3, 0.4) is 0 Å². The smallest absolute Gasteiger partial charge is 0.141 e. The lowest BCUT2D eigenvalue weighted by molar-refractivity contribution is 0.0553. The van der Waals surface area contributed by atoms with Crippen LogP contribution >= 0.6 is 0 Å². The van der Waals surface area contributed by atoms with Crippen molar-refractivity contribution in [3.63, 3.8) is 0 Å². The van der Waals surface area contributed by atoms with Gasteiger partial charge in [-0.05, 0) is 60.9 Å². The first-order valence-electron chi connectivity index (χ1n) is 11.8. The van der Waals surface area contributed by atoms with Gasteiger partial charge >= 0.3 is 0 Å². The van der Waals surface area contributed by atoms with Crippen molar-refractivity contribution in [3.8, 4) is 23.1 Å². The molecule has 35 heavy (non-hydrogen) atoms. The van der Waals surface area contributed by atoms with Crippen LogP contribution < -0.4 is 4.74 Å². The number of nitrogens with zero attached hydrogens (tertiary/aromatic N) is 2. The third-order valence-corrected chi connectivity index (χ3v) is 6.84. The number of aliphatic hydroxyl groups excluding tert-OH is 1. The number of furan rings is 1. The summed E-state index contributed by atoms with van der Waals surface area (Å²) in [6.45, 7) is 2.20. The van der Waals surface area contributed by atoms with Gasteiger partial charge in [-0.3, -0.25) is 0 Å². The quantitative estimate of drug-likeness (QED) is 0.384. The molecule has 1 unspecified atom stereocenters. The number of ether oxygens (including phenoxy) is 1. The first kappa shape index (κ1) is 23.1. The summed E-state index contributed by atoms with van der Waals surface area (Å²) < 4.78 is 24.9. The molecule has 1 fully saturated rings. The molecule has 6 heteroatoms. The van der Waals surface area contributed by atoms with E-state index in [0.717, 1.165) is 47.8 Å². The minimum atomic E-state index is -0.634. The van der Waals surface area contributed by atoms with Crippen molar-refractivity contribution in [1.82, 2.24) is 4.90 Å². The highest BCUT2D eigenvalue weighted by atomic mass is 19.1. The van der Waals surface area contributed by atoms with Crippen molar-refractivity contribution >= 4 is 10.8 Å². The number of nitriles is 1. The Hall–Kier alpha value is -3.66. The molecular weight excluding hydrogens is 443 g/mol. The van der Waals surface area contributed by atoms with Crippen LogP contribution in [0.4, 0.5) is 4.39 Å². The van der Waals surface area contributed by atoms with Crippen LogP contribution in [0.1, 0.15) is 18.4 Å². The lowest BCUT2D eigenvalue weighted by atomic mass is 9.74. The standard InChI is InChI=1S/C29H27FN2O3/c30-24-8-11-27-22(16-24)18-35-28(27)21-6-9-26(10-7-21)34-19-25(33)17-32-14-12-29(20-31,13-15-32)23-4-2-1-3-5-23/h1-11,16,18,25,33H,12-15,17,19H2. The Kier molecular flexibility index (Phi) is 6.54. The average molecular weight is 471 g/mol. The summed E-state index contributed by atoms with van der Waals surface area (Å²) in [5.74, 6) is 1.04. The number of hydrogen-bond acceptors (Lipinski definition) is 5. The molecule has 0 spiro atoms. The molecule has 1 aliphatic heterocycles. The van der Waals surface area contributed by atoms with E-state index in [1.807, 2.05) is 54.6 Å². The van der Waals surface area contributed by atoms with Crippen LogP contribution in [0.2, 0.25) is 0 Å². The maximum atomic E-state index is 13.4. The fourth-order valence-corrected chi connectivity index (χ4v) is 4.83. The van der Waals surface area contributed by atoms with Gasteiger partial charge < -0.3 is 19.2 Å². The van der Waals surface area contributed by atoms with E-state index < -0.39 is 11.5 Å². The zero-order chi connectivity index (χ0) is 24.3. The normalized spacial score (nSPS) is 16.6.